The van der Waals surface area contributed by atoms with Crippen molar-refractivity contribution in [1.29, 1.82) is 0 Å². The number of rotatable bonds is 4. The van der Waals surface area contributed by atoms with Gasteiger partial charge in [-0.05, 0) is 49.8 Å². The van der Waals surface area contributed by atoms with Crippen LogP contribution in [0.3, 0.4) is 0 Å². The maximum atomic E-state index is 6.48. The van der Waals surface area contributed by atoms with Gasteiger partial charge < -0.3 is 5.73 Å². The van der Waals surface area contributed by atoms with Crippen molar-refractivity contribution in [2.45, 2.75) is 63.6 Å². The van der Waals surface area contributed by atoms with Crippen molar-refractivity contribution in [3.05, 3.63) is 30.1 Å². The molecule has 2 fully saturated rings. The Morgan fingerprint density at radius 3 is 2.95 bits per heavy atom. The molecule has 2 heterocycles. The van der Waals surface area contributed by atoms with Gasteiger partial charge in [0.2, 0.25) is 0 Å². The quantitative estimate of drug-likeness (QED) is 0.916. The summed E-state index contributed by atoms with van der Waals surface area (Å²) in [7, 11) is 0. The highest BCUT2D eigenvalue weighted by Gasteiger charge is 2.40. The van der Waals surface area contributed by atoms with Crippen LogP contribution >= 0.6 is 0 Å². The van der Waals surface area contributed by atoms with Gasteiger partial charge in [-0.25, -0.2) is 0 Å². The Bertz CT molecular complexity index is 420. The van der Waals surface area contributed by atoms with E-state index in [0.717, 1.165) is 18.4 Å². The maximum absolute atomic E-state index is 6.48. The molecule has 0 amide bonds. The molecular weight excluding hydrogens is 246 g/mol. The molecule has 2 N–H and O–H groups in total. The molecular formula is C17H27N3. The van der Waals surface area contributed by atoms with E-state index in [1.54, 1.807) is 0 Å². The minimum absolute atomic E-state index is 0.208. The lowest BCUT2D eigenvalue weighted by Gasteiger charge is -2.39. The fraction of sp³-hybridized carbons (Fsp3) is 0.706. The highest BCUT2D eigenvalue weighted by atomic mass is 15.2. The molecule has 0 aromatic carbocycles. The van der Waals surface area contributed by atoms with Crippen molar-refractivity contribution in [3.8, 4) is 0 Å². The van der Waals surface area contributed by atoms with Crippen LogP contribution in [0.5, 0.6) is 0 Å². The highest BCUT2D eigenvalue weighted by molar-refractivity contribution is 5.17. The highest BCUT2D eigenvalue weighted by Crippen LogP contribution is 2.41. The molecule has 4 atom stereocenters. The third kappa shape index (κ3) is 2.61. The molecule has 0 bridgehead atoms. The maximum Gasteiger partial charge on any atom is 0.0517 e. The summed E-state index contributed by atoms with van der Waals surface area (Å²) in [5, 5.41) is 0. The minimum atomic E-state index is 0.208. The number of aromatic nitrogens is 1. The molecule has 1 saturated heterocycles. The summed E-state index contributed by atoms with van der Waals surface area (Å²) < 4.78 is 0. The van der Waals surface area contributed by atoms with Gasteiger partial charge in [0.25, 0.3) is 0 Å². The molecule has 4 unspecified atom stereocenters. The molecule has 110 valence electrons. The summed E-state index contributed by atoms with van der Waals surface area (Å²) >= 11 is 0. The zero-order valence-electron chi connectivity index (χ0n) is 12.5. The first-order valence-corrected chi connectivity index (χ1v) is 8.22. The fourth-order valence-corrected chi connectivity index (χ4v) is 4.25. The van der Waals surface area contributed by atoms with Crippen LogP contribution in [0.25, 0.3) is 0 Å². The van der Waals surface area contributed by atoms with Crippen LogP contribution in [-0.2, 0) is 0 Å². The van der Waals surface area contributed by atoms with E-state index < -0.39 is 0 Å². The summed E-state index contributed by atoms with van der Waals surface area (Å²) in [4.78, 5) is 7.02. The number of nitrogens with two attached hydrogens (primary N) is 1. The van der Waals surface area contributed by atoms with Crippen LogP contribution in [0.4, 0.5) is 0 Å². The van der Waals surface area contributed by atoms with E-state index in [1.807, 2.05) is 18.5 Å². The van der Waals surface area contributed by atoms with Gasteiger partial charge in [0.05, 0.1) is 6.04 Å². The number of likely N-dealkylation sites (tertiary alicyclic amines) is 1. The average Bonchev–Trinajstić information content (AvgIpc) is 2.92. The predicted octanol–water partition coefficient (Wildman–Crippen LogP) is 3.12. The molecule has 1 aliphatic heterocycles. The Hall–Kier alpha value is -0.930. The second-order valence-electron chi connectivity index (χ2n) is 6.44. The summed E-state index contributed by atoms with van der Waals surface area (Å²) in [6.07, 6.45) is 11.8. The van der Waals surface area contributed by atoms with Gasteiger partial charge in [-0.1, -0.05) is 25.8 Å². The zero-order valence-corrected chi connectivity index (χ0v) is 12.5. The molecule has 1 aromatic heterocycles. The molecule has 3 rings (SSSR count). The molecule has 3 nitrogen and oxygen atoms in total. The van der Waals surface area contributed by atoms with Crippen LogP contribution in [0.15, 0.2) is 24.5 Å². The Kier molecular flexibility index (Phi) is 4.37. The number of hydrogen-bond donors (Lipinski definition) is 1. The van der Waals surface area contributed by atoms with Crippen molar-refractivity contribution in [3.63, 3.8) is 0 Å². The summed E-state index contributed by atoms with van der Waals surface area (Å²) in [6, 6.07) is 5.55. The molecule has 1 aromatic rings. The van der Waals surface area contributed by atoms with E-state index in [9.17, 15) is 0 Å². The van der Waals surface area contributed by atoms with Crippen molar-refractivity contribution < 1.29 is 0 Å². The Morgan fingerprint density at radius 1 is 1.35 bits per heavy atom. The Balaban J connectivity index is 1.86. The first-order valence-electron chi connectivity index (χ1n) is 8.22. The molecule has 1 saturated carbocycles. The first kappa shape index (κ1) is 14.0. The lowest BCUT2D eigenvalue weighted by Crippen LogP contribution is -2.45. The van der Waals surface area contributed by atoms with E-state index in [4.69, 9.17) is 5.73 Å². The second kappa shape index (κ2) is 6.23. The van der Waals surface area contributed by atoms with Gasteiger partial charge in [0.1, 0.15) is 0 Å². The van der Waals surface area contributed by atoms with E-state index in [1.165, 1.54) is 44.2 Å². The molecule has 1 aliphatic carbocycles. The number of hydrogen-bond acceptors (Lipinski definition) is 3. The third-order valence-corrected chi connectivity index (χ3v) is 5.31. The van der Waals surface area contributed by atoms with Crippen molar-refractivity contribution in [2.24, 2.45) is 11.7 Å². The first-order chi connectivity index (χ1) is 9.81. The smallest absolute Gasteiger partial charge is 0.0517 e. The van der Waals surface area contributed by atoms with Gasteiger partial charge in [-0.15, -0.1) is 0 Å². The molecule has 0 radical (unpaired) electrons. The van der Waals surface area contributed by atoms with Crippen molar-refractivity contribution in [1.82, 2.24) is 9.88 Å². The lowest BCUT2D eigenvalue weighted by atomic mass is 9.84. The SMILES string of the molecule is CCC(N)C(c1cccnc1)N1CCC2CCCCC21. The van der Waals surface area contributed by atoms with Gasteiger partial charge in [0.15, 0.2) is 0 Å². The molecule has 3 heteroatoms. The van der Waals surface area contributed by atoms with E-state index in [-0.39, 0.29) is 6.04 Å². The standard InChI is InChI=1S/C17H27N3/c1-2-15(18)17(14-7-5-10-19-12-14)20-11-9-13-6-3-4-8-16(13)20/h5,7,10,12-13,15-17H,2-4,6,8-9,11,18H2,1H3. The van der Waals surface area contributed by atoms with Gasteiger partial charge >= 0.3 is 0 Å². The topological polar surface area (TPSA) is 42.1 Å². The zero-order chi connectivity index (χ0) is 13.9. The fourth-order valence-electron chi connectivity index (χ4n) is 4.25. The third-order valence-electron chi connectivity index (χ3n) is 5.31. The molecule has 20 heavy (non-hydrogen) atoms. The predicted molar refractivity (Wildman–Crippen MR) is 82.3 cm³/mol. The van der Waals surface area contributed by atoms with Gasteiger partial charge in [-0.2, -0.15) is 0 Å². The van der Waals surface area contributed by atoms with Crippen molar-refractivity contribution in [2.75, 3.05) is 6.54 Å². The normalized spacial score (nSPS) is 29.9. The summed E-state index contributed by atoms with van der Waals surface area (Å²) in [6.45, 7) is 3.41. The Labute approximate surface area is 122 Å². The van der Waals surface area contributed by atoms with E-state index >= 15 is 0 Å². The monoisotopic (exact) mass is 273 g/mol. The lowest BCUT2D eigenvalue weighted by molar-refractivity contribution is 0.114. The van der Waals surface area contributed by atoms with Crippen LogP contribution in [0.2, 0.25) is 0 Å². The van der Waals surface area contributed by atoms with Crippen LogP contribution < -0.4 is 5.73 Å². The number of pyridine rings is 1. The minimum Gasteiger partial charge on any atom is -0.326 e. The average molecular weight is 273 g/mol. The van der Waals surface area contributed by atoms with Crippen LogP contribution in [0.1, 0.15) is 57.1 Å². The van der Waals surface area contributed by atoms with Gasteiger partial charge in [-0.3, -0.25) is 9.88 Å². The number of fused-ring (bicyclic) bond motifs is 1. The molecule has 0 spiro atoms. The van der Waals surface area contributed by atoms with E-state index in [2.05, 4.69) is 22.9 Å². The van der Waals surface area contributed by atoms with Crippen LogP contribution in [0, 0.1) is 5.92 Å². The second-order valence-corrected chi connectivity index (χ2v) is 6.44. The Morgan fingerprint density at radius 2 is 2.20 bits per heavy atom. The van der Waals surface area contributed by atoms with Gasteiger partial charge in [0, 0.05) is 24.5 Å². The van der Waals surface area contributed by atoms with E-state index in [0.29, 0.717) is 6.04 Å². The summed E-state index contributed by atoms with van der Waals surface area (Å²) in [5.41, 5.74) is 7.78. The largest absolute Gasteiger partial charge is 0.326 e. The summed E-state index contributed by atoms with van der Waals surface area (Å²) in [5.74, 6) is 0.909. The van der Waals surface area contributed by atoms with Crippen LogP contribution in [-0.4, -0.2) is 28.5 Å². The molecule has 2 aliphatic rings. The van der Waals surface area contributed by atoms with Crippen molar-refractivity contribution >= 4 is 0 Å². The number of nitrogens with zero attached hydrogens (tertiary/aromatic N) is 2.